The molecule has 0 radical (unpaired) electrons. The maximum Gasteiger partial charge on any atom is 0.161 e. The summed E-state index contributed by atoms with van der Waals surface area (Å²) in [6, 6.07) is 19.6. The molecule has 0 amide bonds. The summed E-state index contributed by atoms with van der Waals surface area (Å²) in [5.41, 5.74) is 1.01. The predicted molar refractivity (Wildman–Crippen MR) is 73.1 cm³/mol. The van der Waals surface area contributed by atoms with Crippen LogP contribution in [0.1, 0.15) is 12.5 Å². The molecule has 2 aromatic carbocycles. The summed E-state index contributed by atoms with van der Waals surface area (Å²) in [6.07, 6.45) is 1.65. The fourth-order valence-electron chi connectivity index (χ4n) is 1.56. The van der Waals surface area contributed by atoms with Crippen molar-refractivity contribution >= 4 is 5.76 Å². The summed E-state index contributed by atoms with van der Waals surface area (Å²) in [5, 5.41) is 0. The Morgan fingerprint density at radius 1 is 0.944 bits per heavy atom. The molecule has 2 heteroatoms. The summed E-state index contributed by atoms with van der Waals surface area (Å²) < 4.78 is 11.2. The van der Waals surface area contributed by atoms with Gasteiger partial charge in [0.2, 0.25) is 0 Å². The van der Waals surface area contributed by atoms with E-state index >= 15 is 0 Å². The number of hydrogen-bond acceptors (Lipinski definition) is 2. The van der Waals surface area contributed by atoms with E-state index in [4.69, 9.17) is 9.47 Å². The van der Waals surface area contributed by atoms with Gasteiger partial charge in [-0.15, -0.1) is 0 Å². The molecule has 0 atom stereocenters. The Hall–Kier alpha value is -2.22. The van der Waals surface area contributed by atoms with E-state index in [0.717, 1.165) is 17.1 Å². The van der Waals surface area contributed by atoms with Crippen LogP contribution in [0.25, 0.3) is 5.76 Å². The van der Waals surface area contributed by atoms with E-state index in [1.54, 1.807) is 6.26 Å². The smallest absolute Gasteiger partial charge is 0.161 e. The zero-order chi connectivity index (χ0) is 12.6. The molecule has 0 bridgehead atoms. The molecule has 0 aliphatic rings. The molecular formula is C16H16O2. The Labute approximate surface area is 107 Å². The summed E-state index contributed by atoms with van der Waals surface area (Å²) in [5.74, 6) is 1.53. The number of hydrogen-bond donors (Lipinski definition) is 0. The van der Waals surface area contributed by atoms with Gasteiger partial charge < -0.3 is 9.47 Å². The molecule has 0 aliphatic heterocycles. The second-order valence-corrected chi connectivity index (χ2v) is 3.71. The topological polar surface area (TPSA) is 18.5 Å². The molecule has 0 heterocycles. The van der Waals surface area contributed by atoms with Crippen molar-refractivity contribution in [2.24, 2.45) is 0 Å². The molecule has 0 saturated carbocycles. The van der Waals surface area contributed by atoms with Crippen LogP contribution in [0, 0.1) is 0 Å². The van der Waals surface area contributed by atoms with Gasteiger partial charge in [-0.3, -0.25) is 0 Å². The minimum Gasteiger partial charge on any atom is -0.490 e. The molecule has 92 valence electrons. The molecule has 0 spiro atoms. The Kier molecular flexibility index (Phi) is 4.42. The van der Waals surface area contributed by atoms with Gasteiger partial charge in [0, 0.05) is 5.56 Å². The van der Waals surface area contributed by atoms with Crippen LogP contribution >= 0.6 is 0 Å². The van der Waals surface area contributed by atoms with Crippen LogP contribution in [-0.2, 0) is 4.74 Å². The third-order valence-corrected chi connectivity index (χ3v) is 2.40. The molecule has 2 rings (SSSR count). The highest BCUT2D eigenvalue weighted by atomic mass is 16.5. The first-order valence-electron chi connectivity index (χ1n) is 6.00. The summed E-state index contributed by atoms with van der Waals surface area (Å²) in [6.45, 7) is 2.57. The monoisotopic (exact) mass is 240 g/mol. The van der Waals surface area contributed by atoms with E-state index in [1.165, 1.54) is 0 Å². The minimum atomic E-state index is 0.610. The van der Waals surface area contributed by atoms with Gasteiger partial charge in [-0.2, -0.15) is 0 Å². The van der Waals surface area contributed by atoms with Crippen LogP contribution in [0.5, 0.6) is 5.75 Å². The van der Waals surface area contributed by atoms with E-state index in [-0.39, 0.29) is 0 Å². The first kappa shape index (κ1) is 12.2. The van der Waals surface area contributed by atoms with E-state index in [0.29, 0.717) is 6.61 Å². The minimum absolute atomic E-state index is 0.610. The van der Waals surface area contributed by atoms with Crippen LogP contribution in [0.3, 0.4) is 0 Å². The van der Waals surface area contributed by atoms with Crippen molar-refractivity contribution in [2.75, 3.05) is 6.61 Å². The van der Waals surface area contributed by atoms with E-state index < -0.39 is 0 Å². The van der Waals surface area contributed by atoms with E-state index in [1.807, 2.05) is 67.6 Å². The van der Waals surface area contributed by atoms with Crippen molar-refractivity contribution in [3.05, 3.63) is 72.5 Å². The highest BCUT2D eigenvalue weighted by Crippen LogP contribution is 2.17. The van der Waals surface area contributed by atoms with Crippen LogP contribution < -0.4 is 4.74 Å². The molecule has 2 aromatic rings. The summed E-state index contributed by atoms with van der Waals surface area (Å²) in [7, 11) is 0. The van der Waals surface area contributed by atoms with Gasteiger partial charge in [-0.1, -0.05) is 48.5 Å². The maximum atomic E-state index is 5.59. The Morgan fingerprint density at radius 3 is 2.17 bits per heavy atom. The van der Waals surface area contributed by atoms with Crippen LogP contribution in [-0.4, -0.2) is 6.61 Å². The third kappa shape index (κ3) is 3.39. The summed E-state index contributed by atoms with van der Waals surface area (Å²) >= 11 is 0. The lowest BCUT2D eigenvalue weighted by Crippen LogP contribution is -1.94. The summed E-state index contributed by atoms with van der Waals surface area (Å²) in [4.78, 5) is 0. The van der Waals surface area contributed by atoms with Gasteiger partial charge >= 0.3 is 0 Å². The first-order valence-corrected chi connectivity index (χ1v) is 6.00. The average molecular weight is 240 g/mol. The second kappa shape index (κ2) is 6.50. The van der Waals surface area contributed by atoms with E-state index in [2.05, 4.69) is 0 Å². The van der Waals surface area contributed by atoms with Crippen molar-refractivity contribution in [1.82, 2.24) is 0 Å². The number of para-hydroxylation sites is 1. The molecule has 0 saturated heterocycles. The molecule has 0 unspecified atom stereocenters. The van der Waals surface area contributed by atoms with Gasteiger partial charge in [-0.05, 0) is 19.1 Å². The van der Waals surface area contributed by atoms with Crippen molar-refractivity contribution in [1.29, 1.82) is 0 Å². The Balaban J connectivity index is 2.15. The quantitative estimate of drug-likeness (QED) is 0.732. The number of ether oxygens (including phenoxy) is 2. The molecule has 18 heavy (non-hydrogen) atoms. The first-order chi connectivity index (χ1) is 8.90. The van der Waals surface area contributed by atoms with Crippen molar-refractivity contribution in [3.63, 3.8) is 0 Å². The van der Waals surface area contributed by atoms with Crippen LogP contribution in [0.2, 0.25) is 0 Å². The fourth-order valence-corrected chi connectivity index (χ4v) is 1.56. The number of benzene rings is 2. The third-order valence-electron chi connectivity index (χ3n) is 2.40. The molecule has 0 fully saturated rings. The van der Waals surface area contributed by atoms with Crippen molar-refractivity contribution in [3.8, 4) is 5.75 Å². The average Bonchev–Trinajstić information content (AvgIpc) is 2.45. The van der Waals surface area contributed by atoms with Crippen LogP contribution in [0.4, 0.5) is 0 Å². The van der Waals surface area contributed by atoms with E-state index in [9.17, 15) is 0 Å². The van der Waals surface area contributed by atoms with Gasteiger partial charge in [0.05, 0.1) is 6.61 Å². The zero-order valence-corrected chi connectivity index (χ0v) is 10.4. The van der Waals surface area contributed by atoms with Gasteiger partial charge in [-0.25, -0.2) is 0 Å². The highest BCUT2D eigenvalue weighted by molar-refractivity contribution is 5.58. The highest BCUT2D eigenvalue weighted by Gasteiger charge is 2.02. The second-order valence-electron chi connectivity index (χ2n) is 3.71. The lowest BCUT2D eigenvalue weighted by atomic mass is 10.2. The van der Waals surface area contributed by atoms with Crippen molar-refractivity contribution in [2.45, 2.75) is 6.92 Å². The lowest BCUT2D eigenvalue weighted by Gasteiger charge is -2.09. The van der Waals surface area contributed by atoms with Crippen molar-refractivity contribution < 1.29 is 9.47 Å². The molecular weight excluding hydrogens is 224 g/mol. The van der Waals surface area contributed by atoms with Gasteiger partial charge in [0.1, 0.15) is 12.0 Å². The molecule has 0 aromatic heterocycles. The molecule has 0 aliphatic carbocycles. The predicted octanol–water partition coefficient (Wildman–Crippen LogP) is 4.10. The maximum absolute atomic E-state index is 5.59. The number of rotatable bonds is 5. The molecule has 0 N–H and O–H groups in total. The van der Waals surface area contributed by atoms with Gasteiger partial charge in [0.25, 0.3) is 0 Å². The Bertz CT molecular complexity index is 489. The Morgan fingerprint density at radius 2 is 1.56 bits per heavy atom. The largest absolute Gasteiger partial charge is 0.490 e. The SMILES string of the molecule is CCOC(=COc1ccccc1)c1ccccc1. The standard InChI is InChI=1S/C16H16O2/c1-2-17-16(14-9-5-3-6-10-14)13-18-15-11-7-4-8-12-15/h3-13H,2H2,1H3. The lowest BCUT2D eigenvalue weighted by molar-refractivity contribution is 0.288. The molecule has 2 nitrogen and oxygen atoms in total. The fraction of sp³-hybridized carbons (Fsp3) is 0.125. The van der Waals surface area contributed by atoms with Crippen LogP contribution in [0.15, 0.2) is 66.9 Å². The zero-order valence-electron chi connectivity index (χ0n) is 10.4. The van der Waals surface area contributed by atoms with Gasteiger partial charge in [0.15, 0.2) is 5.76 Å². The normalized spacial score (nSPS) is 11.1.